The molecule has 2 atom stereocenters. The van der Waals surface area contributed by atoms with Gasteiger partial charge < -0.3 is 14.9 Å². The second kappa shape index (κ2) is 12.6. The number of allylic oxidation sites excluding steroid dienone is 2. The lowest BCUT2D eigenvalue weighted by Gasteiger charge is -2.02. The van der Waals surface area contributed by atoms with E-state index in [0.717, 1.165) is 49.7 Å². The zero-order valence-electron chi connectivity index (χ0n) is 16.4. The maximum Gasteiger partial charge on any atom is 0.305 e. The van der Waals surface area contributed by atoms with Crippen LogP contribution >= 0.6 is 0 Å². The Bertz CT molecular complexity index is 575. The van der Waals surface area contributed by atoms with Crippen LogP contribution in [-0.2, 0) is 19.1 Å². The van der Waals surface area contributed by atoms with Crippen LogP contribution in [-0.4, -0.2) is 46.6 Å². The number of ether oxygens (including phenoxy) is 1. The Morgan fingerprint density at radius 3 is 2.30 bits per heavy atom. The fourth-order valence-corrected chi connectivity index (χ4v) is 3.12. The van der Waals surface area contributed by atoms with Gasteiger partial charge in [-0.2, -0.15) is 0 Å². The van der Waals surface area contributed by atoms with Gasteiger partial charge in [-0.3, -0.25) is 14.4 Å². The van der Waals surface area contributed by atoms with Crippen molar-refractivity contribution in [2.45, 2.75) is 83.8 Å². The lowest BCUT2D eigenvalue weighted by Crippen LogP contribution is -2.04. The summed E-state index contributed by atoms with van der Waals surface area (Å²) in [6.07, 6.45) is 8.47. The molecule has 2 unspecified atom stereocenters. The Morgan fingerprint density at radius 2 is 1.81 bits per heavy atom. The van der Waals surface area contributed by atoms with Crippen LogP contribution in [0.2, 0.25) is 0 Å². The van der Waals surface area contributed by atoms with Crippen molar-refractivity contribution in [2.24, 2.45) is 0 Å². The molecular formula is C21H32O6. The number of hydrogen-bond acceptors (Lipinski definition) is 6. The molecule has 0 heterocycles. The molecule has 0 amide bonds. The molecule has 0 radical (unpaired) electrons. The standard InChI is InChI=1S/C14H22O4.C7H10O2/c1-2-18-14(17)8-6-4-3-5-7-11-9-12(15)10-13(11)16;1-2-5-3-6(8)4-7(5)9/h9,12,15H,2-8,10H2,1H3;3,7,9H,2,4H2,1H3. The Kier molecular flexibility index (Phi) is 10.8. The van der Waals surface area contributed by atoms with E-state index in [-0.39, 0.29) is 24.0 Å². The second-order valence-corrected chi connectivity index (χ2v) is 6.86. The molecule has 0 aromatic heterocycles. The molecule has 0 fully saturated rings. The highest BCUT2D eigenvalue weighted by molar-refractivity contribution is 5.98. The first kappa shape index (κ1) is 23.2. The highest BCUT2D eigenvalue weighted by Crippen LogP contribution is 2.21. The summed E-state index contributed by atoms with van der Waals surface area (Å²) in [6, 6.07) is 0. The molecule has 0 aromatic rings. The maximum atomic E-state index is 11.4. The van der Waals surface area contributed by atoms with E-state index in [4.69, 9.17) is 9.84 Å². The first-order valence-corrected chi connectivity index (χ1v) is 9.86. The third-order valence-corrected chi connectivity index (χ3v) is 4.61. The molecule has 2 rings (SSSR count). The highest BCUT2D eigenvalue weighted by atomic mass is 16.5. The SMILES string of the molecule is CCC1=CC(=O)CC1O.CCOC(=O)CCCCCCC1=CC(O)CC1=O. The number of esters is 1. The summed E-state index contributed by atoms with van der Waals surface area (Å²) in [5.41, 5.74) is 1.65. The van der Waals surface area contributed by atoms with E-state index in [9.17, 15) is 19.5 Å². The highest BCUT2D eigenvalue weighted by Gasteiger charge is 2.21. The minimum Gasteiger partial charge on any atom is -0.466 e. The number of carbonyl (C=O) groups excluding carboxylic acids is 3. The first-order chi connectivity index (χ1) is 12.9. The van der Waals surface area contributed by atoms with Gasteiger partial charge in [0.05, 0.1) is 18.8 Å². The third kappa shape index (κ3) is 9.11. The second-order valence-electron chi connectivity index (χ2n) is 6.86. The van der Waals surface area contributed by atoms with Crippen LogP contribution in [0.25, 0.3) is 0 Å². The van der Waals surface area contributed by atoms with Crippen LogP contribution < -0.4 is 0 Å². The average Bonchev–Trinajstić information content (AvgIpc) is 3.11. The van der Waals surface area contributed by atoms with Gasteiger partial charge in [0.2, 0.25) is 0 Å². The molecule has 0 spiro atoms. The minimum absolute atomic E-state index is 0.0550. The van der Waals surface area contributed by atoms with Crippen molar-refractivity contribution in [1.82, 2.24) is 0 Å². The van der Waals surface area contributed by atoms with Crippen LogP contribution in [0.1, 0.15) is 71.6 Å². The lowest BCUT2D eigenvalue weighted by atomic mass is 10.0. The molecule has 0 aromatic carbocycles. The van der Waals surface area contributed by atoms with Gasteiger partial charge in [0.15, 0.2) is 11.6 Å². The number of carbonyl (C=O) groups is 3. The topological polar surface area (TPSA) is 101 Å². The van der Waals surface area contributed by atoms with Gasteiger partial charge in [-0.1, -0.05) is 19.8 Å². The van der Waals surface area contributed by atoms with E-state index in [1.165, 1.54) is 0 Å². The molecule has 2 N–H and O–H groups in total. The van der Waals surface area contributed by atoms with Gasteiger partial charge in [0, 0.05) is 19.3 Å². The fraction of sp³-hybridized carbons (Fsp3) is 0.667. The molecule has 0 saturated carbocycles. The van der Waals surface area contributed by atoms with Gasteiger partial charge in [0.25, 0.3) is 0 Å². The maximum absolute atomic E-state index is 11.4. The predicted octanol–water partition coefficient (Wildman–Crippen LogP) is 2.81. The van der Waals surface area contributed by atoms with Crippen molar-refractivity contribution in [2.75, 3.05) is 6.61 Å². The Labute approximate surface area is 161 Å². The summed E-state index contributed by atoms with van der Waals surface area (Å²) in [5.74, 6) is 0.00248. The number of unbranched alkanes of at least 4 members (excludes halogenated alkanes) is 3. The fourth-order valence-electron chi connectivity index (χ4n) is 3.12. The smallest absolute Gasteiger partial charge is 0.305 e. The number of rotatable bonds is 9. The van der Waals surface area contributed by atoms with E-state index in [1.807, 2.05) is 6.92 Å². The van der Waals surface area contributed by atoms with Crippen molar-refractivity contribution in [1.29, 1.82) is 0 Å². The third-order valence-electron chi connectivity index (χ3n) is 4.61. The van der Waals surface area contributed by atoms with Gasteiger partial charge in [0.1, 0.15) is 0 Å². The Hall–Kier alpha value is -1.79. The van der Waals surface area contributed by atoms with Crippen molar-refractivity contribution in [3.63, 3.8) is 0 Å². The van der Waals surface area contributed by atoms with Crippen LogP contribution in [0, 0.1) is 0 Å². The summed E-state index contributed by atoms with van der Waals surface area (Å²) in [5, 5.41) is 18.3. The predicted molar refractivity (Wildman–Crippen MR) is 102 cm³/mol. The van der Waals surface area contributed by atoms with Gasteiger partial charge in [-0.05, 0) is 55.9 Å². The number of aliphatic hydroxyl groups excluding tert-OH is 2. The molecule has 0 aliphatic heterocycles. The van der Waals surface area contributed by atoms with Crippen molar-refractivity contribution in [3.8, 4) is 0 Å². The van der Waals surface area contributed by atoms with E-state index in [2.05, 4.69) is 0 Å². The van der Waals surface area contributed by atoms with Crippen LogP contribution in [0.3, 0.4) is 0 Å². The average molecular weight is 380 g/mol. The van der Waals surface area contributed by atoms with E-state index in [1.54, 1.807) is 19.1 Å². The molecule has 6 heteroatoms. The molecular weight excluding hydrogens is 348 g/mol. The normalized spacial score (nSPS) is 21.5. The Balaban J connectivity index is 0.000000337. The zero-order valence-corrected chi connectivity index (χ0v) is 16.4. The van der Waals surface area contributed by atoms with Crippen LogP contribution in [0.4, 0.5) is 0 Å². The van der Waals surface area contributed by atoms with E-state index in [0.29, 0.717) is 19.4 Å². The molecule has 2 aliphatic carbocycles. The van der Waals surface area contributed by atoms with Gasteiger partial charge >= 0.3 is 5.97 Å². The molecule has 6 nitrogen and oxygen atoms in total. The Morgan fingerprint density at radius 1 is 1.11 bits per heavy atom. The minimum atomic E-state index is -0.573. The number of hydrogen-bond donors (Lipinski definition) is 2. The number of ketones is 2. The van der Waals surface area contributed by atoms with Crippen LogP contribution in [0.5, 0.6) is 0 Å². The zero-order chi connectivity index (χ0) is 20.2. The number of aliphatic hydroxyl groups is 2. The van der Waals surface area contributed by atoms with Crippen molar-refractivity contribution >= 4 is 17.5 Å². The molecule has 0 bridgehead atoms. The lowest BCUT2D eigenvalue weighted by molar-refractivity contribution is -0.143. The molecule has 152 valence electrons. The summed E-state index contributed by atoms with van der Waals surface area (Å²) in [4.78, 5) is 33.0. The molecule has 27 heavy (non-hydrogen) atoms. The quantitative estimate of drug-likeness (QED) is 0.471. The van der Waals surface area contributed by atoms with Crippen LogP contribution in [0.15, 0.2) is 23.3 Å². The number of Topliss-reactive ketones (excluding diaryl/α,β-unsaturated/α-hetero) is 1. The van der Waals surface area contributed by atoms with Gasteiger partial charge in [-0.25, -0.2) is 0 Å². The van der Waals surface area contributed by atoms with E-state index >= 15 is 0 Å². The molecule has 2 aliphatic rings. The molecule has 0 saturated heterocycles. The summed E-state index contributed by atoms with van der Waals surface area (Å²) < 4.78 is 4.84. The monoisotopic (exact) mass is 380 g/mol. The first-order valence-electron chi connectivity index (χ1n) is 9.86. The summed E-state index contributed by atoms with van der Waals surface area (Å²) >= 11 is 0. The summed E-state index contributed by atoms with van der Waals surface area (Å²) in [6.45, 7) is 4.18. The summed E-state index contributed by atoms with van der Waals surface area (Å²) in [7, 11) is 0. The van der Waals surface area contributed by atoms with Crippen molar-refractivity contribution in [3.05, 3.63) is 23.3 Å². The van der Waals surface area contributed by atoms with Gasteiger partial charge in [-0.15, -0.1) is 0 Å². The van der Waals surface area contributed by atoms with E-state index < -0.39 is 12.2 Å². The van der Waals surface area contributed by atoms with Crippen molar-refractivity contribution < 1.29 is 29.3 Å². The largest absolute Gasteiger partial charge is 0.466 e.